The molecule has 4 nitrogen and oxygen atoms in total. The van der Waals surface area contributed by atoms with Crippen LogP contribution in [0.5, 0.6) is 0 Å². The summed E-state index contributed by atoms with van der Waals surface area (Å²) in [4.78, 5) is 18.7. The molecule has 0 spiro atoms. The minimum atomic E-state index is -0.185. The highest BCUT2D eigenvalue weighted by Crippen LogP contribution is 2.33. The molecule has 0 saturated carbocycles. The Balaban J connectivity index is 1.92. The Kier molecular flexibility index (Phi) is 5.29. The SMILES string of the molecule is Cc1cc(I)ccc1NC(=O)c1sc2nc(CC(C)C)ccc2c1N. The van der Waals surface area contributed by atoms with Gasteiger partial charge in [0.05, 0.1) is 5.69 Å². The highest BCUT2D eigenvalue weighted by molar-refractivity contribution is 14.1. The highest BCUT2D eigenvalue weighted by Gasteiger charge is 2.18. The number of nitrogens with zero attached hydrogens (tertiary/aromatic N) is 1. The lowest BCUT2D eigenvalue weighted by molar-refractivity contribution is 0.103. The second kappa shape index (κ2) is 7.29. The van der Waals surface area contributed by atoms with Crippen molar-refractivity contribution in [2.45, 2.75) is 27.2 Å². The molecular weight excluding hydrogens is 445 g/mol. The van der Waals surface area contributed by atoms with Crippen molar-refractivity contribution in [3.8, 4) is 0 Å². The lowest BCUT2D eigenvalue weighted by Gasteiger charge is -2.08. The number of nitrogens with one attached hydrogen (secondary N) is 1. The molecule has 25 heavy (non-hydrogen) atoms. The average Bonchev–Trinajstić information content (AvgIpc) is 2.86. The van der Waals surface area contributed by atoms with Gasteiger partial charge in [-0.1, -0.05) is 13.8 Å². The first-order chi connectivity index (χ1) is 11.8. The van der Waals surface area contributed by atoms with Crippen LogP contribution in [0.25, 0.3) is 10.2 Å². The van der Waals surface area contributed by atoms with E-state index in [-0.39, 0.29) is 5.91 Å². The van der Waals surface area contributed by atoms with E-state index in [1.54, 1.807) is 0 Å². The van der Waals surface area contributed by atoms with Crippen LogP contribution in [0.2, 0.25) is 0 Å². The molecule has 2 heterocycles. The van der Waals surface area contributed by atoms with Gasteiger partial charge in [-0.15, -0.1) is 11.3 Å². The van der Waals surface area contributed by atoms with Gasteiger partial charge in [0.2, 0.25) is 0 Å². The van der Waals surface area contributed by atoms with E-state index in [0.29, 0.717) is 16.5 Å². The molecule has 0 radical (unpaired) electrons. The number of nitrogen functional groups attached to an aromatic ring is 1. The van der Waals surface area contributed by atoms with Gasteiger partial charge in [0.1, 0.15) is 9.71 Å². The van der Waals surface area contributed by atoms with Crippen LogP contribution >= 0.6 is 33.9 Å². The number of halogens is 1. The molecule has 0 atom stereocenters. The summed E-state index contributed by atoms with van der Waals surface area (Å²) in [5.74, 6) is 0.351. The number of nitrogens with two attached hydrogens (primary N) is 1. The molecule has 3 N–H and O–H groups in total. The summed E-state index contributed by atoms with van der Waals surface area (Å²) >= 11 is 3.61. The summed E-state index contributed by atoms with van der Waals surface area (Å²) in [7, 11) is 0. The summed E-state index contributed by atoms with van der Waals surface area (Å²) in [5, 5.41) is 3.81. The van der Waals surface area contributed by atoms with Gasteiger partial charge in [-0.05, 0) is 77.7 Å². The molecule has 0 unspecified atom stereocenters. The van der Waals surface area contributed by atoms with E-state index in [1.165, 1.54) is 11.3 Å². The number of amides is 1. The van der Waals surface area contributed by atoms with E-state index in [1.807, 2.05) is 37.3 Å². The van der Waals surface area contributed by atoms with Gasteiger partial charge in [0.25, 0.3) is 5.91 Å². The molecule has 3 rings (SSSR count). The summed E-state index contributed by atoms with van der Waals surface area (Å²) in [6, 6.07) is 9.88. The Morgan fingerprint density at radius 2 is 2.08 bits per heavy atom. The number of aromatic nitrogens is 1. The third-order valence-electron chi connectivity index (χ3n) is 3.91. The van der Waals surface area contributed by atoms with Gasteiger partial charge in [-0.2, -0.15) is 0 Å². The van der Waals surface area contributed by atoms with Gasteiger partial charge in [0, 0.05) is 20.3 Å². The van der Waals surface area contributed by atoms with E-state index in [4.69, 9.17) is 5.73 Å². The number of carbonyl (C=O) groups is 1. The Morgan fingerprint density at radius 1 is 1.32 bits per heavy atom. The summed E-state index contributed by atoms with van der Waals surface area (Å²) < 4.78 is 1.14. The van der Waals surface area contributed by atoms with Crippen molar-refractivity contribution in [3.63, 3.8) is 0 Å². The average molecular weight is 465 g/mol. The number of anilines is 2. The van der Waals surface area contributed by atoms with E-state index in [9.17, 15) is 4.79 Å². The fourth-order valence-electron chi connectivity index (χ4n) is 2.68. The predicted molar refractivity (Wildman–Crippen MR) is 114 cm³/mol. The van der Waals surface area contributed by atoms with Gasteiger partial charge in [-0.3, -0.25) is 4.79 Å². The van der Waals surface area contributed by atoms with Crippen molar-refractivity contribution in [1.82, 2.24) is 4.98 Å². The Bertz CT molecular complexity index is 949. The summed E-state index contributed by atoms with van der Waals surface area (Å²) in [6.45, 7) is 6.31. The molecule has 130 valence electrons. The lowest BCUT2D eigenvalue weighted by atomic mass is 10.1. The maximum absolute atomic E-state index is 12.7. The Morgan fingerprint density at radius 3 is 2.76 bits per heavy atom. The number of pyridine rings is 1. The van der Waals surface area contributed by atoms with Crippen LogP contribution in [0.15, 0.2) is 30.3 Å². The zero-order valence-electron chi connectivity index (χ0n) is 14.4. The smallest absolute Gasteiger partial charge is 0.267 e. The first-order valence-corrected chi connectivity index (χ1v) is 10.00. The summed E-state index contributed by atoms with van der Waals surface area (Å²) in [6.07, 6.45) is 0.914. The lowest BCUT2D eigenvalue weighted by Crippen LogP contribution is -2.12. The van der Waals surface area contributed by atoms with Crippen molar-refractivity contribution < 1.29 is 4.79 Å². The number of rotatable bonds is 4. The quantitative estimate of drug-likeness (QED) is 0.518. The minimum Gasteiger partial charge on any atom is -0.397 e. The molecule has 0 aliphatic rings. The van der Waals surface area contributed by atoms with Crippen molar-refractivity contribution in [3.05, 3.63) is 50.0 Å². The molecule has 0 saturated heterocycles. The normalized spacial score (nSPS) is 11.2. The molecule has 1 aromatic carbocycles. The van der Waals surface area contributed by atoms with E-state index < -0.39 is 0 Å². The molecule has 2 aromatic heterocycles. The van der Waals surface area contributed by atoms with Crippen LogP contribution in [-0.4, -0.2) is 10.9 Å². The van der Waals surface area contributed by atoms with Crippen molar-refractivity contribution in [2.75, 3.05) is 11.1 Å². The number of carbonyl (C=O) groups excluding carboxylic acids is 1. The fraction of sp³-hybridized carbons (Fsp3) is 0.263. The van der Waals surface area contributed by atoms with E-state index in [2.05, 4.69) is 46.7 Å². The molecule has 6 heteroatoms. The predicted octanol–water partition coefficient (Wildman–Crippen LogP) is 5.24. The minimum absolute atomic E-state index is 0.185. The number of thiophene rings is 1. The first-order valence-electron chi connectivity index (χ1n) is 8.10. The number of benzene rings is 1. The van der Waals surface area contributed by atoms with Crippen molar-refractivity contribution in [1.29, 1.82) is 0 Å². The van der Waals surface area contributed by atoms with Gasteiger partial charge < -0.3 is 11.1 Å². The summed E-state index contributed by atoms with van der Waals surface area (Å²) in [5.41, 5.74) is 9.58. The molecule has 0 aliphatic heterocycles. The first kappa shape index (κ1) is 18.1. The number of hydrogen-bond acceptors (Lipinski definition) is 4. The van der Waals surface area contributed by atoms with E-state index in [0.717, 1.165) is 37.2 Å². The van der Waals surface area contributed by atoms with E-state index >= 15 is 0 Å². The second-order valence-corrected chi connectivity index (χ2v) is 8.76. The van der Waals surface area contributed by atoms with Crippen LogP contribution in [0, 0.1) is 16.4 Å². The number of hydrogen-bond donors (Lipinski definition) is 2. The molecule has 3 aromatic rings. The van der Waals surface area contributed by atoms with Gasteiger partial charge in [-0.25, -0.2) is 4.98 Å². The molecule has 0 bridgehead atoms. The molecule has 0 aliphatic carbocycles. The highest BCUT2D eigenvalue weighted by atomic mass is 127. The van der Waals surface area contributed by atoms with Crippen LogP contribution < -0.4 is 11.1 Å². The zero-order valence-corrected chi connectivity index (χ0v) is 17.4. The second-order valence-electron chi connectivity index (χ2n) is 6.51. The van der Waals surface area contributed by atoms with Crippen LogP contribution in [-0.2, 0) is 6.42 Å². The maximum atomic E-state index is 12.7. The zero-order chi connectivity index (χ0) is 18.1. The topological polar surface area (TPSA) is 68.0 Å². The number of aryl methyl sites for hydroxylation is 1. The standard InChI is InChI=1S/C19H20IN3OS/c1-10(2)8-13-5-6-14-16(21)17(25-19(14)22-13)18(24)23-15-7-4-12(20)9-11(15)3/h4-7,9-10H,8,21H2,1-3H3,(H,23,24). The third-order valence-corrected chi connectivity index (χ3v) is 5.70. The van der Waals surface area contributed by atoms with Gasteiger partial charge in [0.15, 0.2) is 0 Å². The van der Waals surface area contributed by atoms with Crippen LogP contribution in [0.1, 0.15) is 34.8 Å². The molecule has 1 amide bonds. The van der Waals surface area contributed by atoms with Crippen LogP contribution in [0.3, 0.4) is 0 Å². The van der Waals surface area contributed by atoms with Crippen molar-refractivity contribution in [2.24, 2.45) is 5.92 Å². The fourth-order valence-corrected chi connectivity index (χ4v) is 4.34. The van der Waals surface area contributed by atoms with Gasteiger partial charge >= 0.3 is 0 Å². The Hall–Kier alpha value is -1.67. The third kappa shape index (κ3) is 3.95. The largest absolute Gasteiger partial charge is 0.397 e. The molecular formula is C19H20IN3OS. The maximum Gasteiger partial charge on any atom is 0.267 e. The van der Waals surface area contributed by atoms with Crippen LogP contribution in [0.4, 0.5) is 11.4 Å². The van der Waals surface area contributed by atoms with Crippen molar-refractivity contribution >= 4 is 61.4 Å². The molecule has 0 fully saturated rings. The number of fused-ring (bicyclic) bond motifs is 1. The monoisotopic (exact) mass is 465 g/mol. The Labute approximate surface area is 165 Å².